The normalized spacial score (nSPS) is 17.6. The number of carbonyl (C=O) groups excluding carboxylic acids is 1. The zero-order valence-electron chi connectivity index (χ0n) is 12.7. The van der Waals surface area contributed by atoms with E-state index in [9.17, 15) is 4.79 Å². The lowest BCUT2D eigenvalue weighted by Crippen LogP contribution is -2.48. The minimum absolute atomic E-state index is 0.0724. The van der Waals surface area contributed by atoms with Crippen molar-refractivity contribution in [3.05, 3.63) is 29.3 Å². The summed E-state index contributed by atoms with van der Waals surface area (Å²) in [6, 6.07) is 7.94. The van der Waals surface area contributed by atoms with Crippen LogP contribution in [0.25, 0.3) is 0 Å². The van der Waals surface area contributed by atoms with Crippen LogP contribution in [0.2, 0.25) is 5.02 Å². The molecule has 0 N–H and O–H groups in total. The molecule has 116 valence electrons. The third kappa shape index (κ3) is 4.35. The van der Waals surface area contributed by atoms with Crippen molar-refractivity contribution >= 4 is 23.3 Å². The zero-order chi connectivity index (χ0) is 15.2. The van der Waals surface area contributed by atoms with Crippen LogP contribution in [0.3, 0.4) is 0 Å². The molecule has 0 spiro atoms. The van der Waals surface area contributed by atoms with Gasteiger partial charge in [0.15, 0.2) is 0 Å². The lowest BCUT2D eigenvalue weighted by atomic mass is 10.1. The summed E-state index contributed by atoms with van der Waals surface area (Å²) in [6.07, 6.45) is 0. The van der Waals surface area contributed by atoms with Gasteiger partial charge in [0, 0.05) is 32.7 Å². The van der Waals surface area contributed by atoms with Crippen molar-refractivity contribution in [2.75, 3.05) is 44.2 Å². The van der Waals surface area contributed by atoms with E-state index in [0.717, 1.165) is 43.4 Å². The molecule has 0 radical (unpaired) electrons. The fourth-order valence-corrected chi connectivity index (χ4v) is 2.88. The molecule has 21 heavy (non-hydrogen) atoms. The molecule has 0 bridgehead atoms. The maximum atomic E-state index is 11.7. The van der Waals surface area contributed by atoms with Crippen molar-refractivity contribution in [2.24, 2.45) is 5.92 Å². The third-order valence-electron chi connectivity index (χ3n) is 3.79. The lowest BCUT2D eigenvalue weighted by Gasteiger charge is -2.37. The van der Waals surface area contributed by atoms with Crippen molar-refractivity contribution < 1.29 is 9.53 Å². The van der Waals surface area contributed by atoms with E-state index >= 15 is 0 Å². The standard InChI is InChI=1S/C16H23ClN2O2/c1-3-21-16(20)13(2)12-18-8-10-19(11-9-18)15-7-5-4-6-14(15)17/h4-7,13H,3,8-12H2,1-2H3. The minimum atomic E-state index is -0.106. The second-order valence-electron chi connectivity index (χ2n) is 5.39. The number of rotatable bonds is 5. The Balaban J connectivity index is 1.83. The highest BCUT2D eigenvalue weighted by Crippen LogP contribution is 2.26. The quantitative estimate of drug-likeness (QED) is 0.783. The maximum Gasteiger partial charge on any atom is 0.309 e. The van der Waals surface area contributed by atoms with Crippen molar-refractivity contribution in [3.63, 3.8) is 0 Å². The Kier molecular flexibility index (Phi) is 5.88. The number of benzene rings is 1. The van der Waals surface area contributed by atoms with Gasteiger partial charge >= 0.3 is 5.97 Å². The number of para-hydroxylation sites is 1. The molecule has 1 aliphatic heterocycles. The molecule has 1 saturated heterocycles. The van der Waals surface area contributed by atoms with Gasteiger partial charge in [-0.1, -0.05) is 30.7 Å². The first kappa shape index (κ1) is 16.1. The summed E-state index contributed by atoms with van der Waals surface area (Å²) in [6.45, 7) is 8.71. The summed E-state index contributed by atoms with van der Waals surface area (Å²) in [5.41, 5.74) is 1.09. The van der Waals surface area contributed by atoms with Crippen LogP contribution in [0.1, 0.15) is 13.8 Å². The Morgan fingerprint density at radius 3 is 2.57 bits per heavy atom. The number of ether oxygens (including phenoxy) is 1. The first-order valence-electron chi connectivity index (χ1n) is 7.50. The summed E-state index contributed by atoms with van der Waals surface area (Å²) in [4.78, 5) is 16.3. The molecule has 1 unspecified atom stereocenters. The van der Waals surface area contributed by atoms with Crippen LogP contribution in [0.15, 0.2) is 24.3 Å². The van der Waals surface area contributed by atoms with Gasteiger partial charge in [-0.05, 0) is 19.1 Å². The molecular formula is C16H23ClN2O2. The van der Waals surface area contributed by atoms with E-state index in [0.29, 0.717) is 6.61 Å². The van der Waals surface area contributed by atoms with Gasteiger partial charge in [-0.25, -0.2) is 0 Å². The Labute approximate surface area is 131 Å². The molecule has 5 heteroatoms. The van der Waals surface area contributed by atoms with Gasteiger partial charge in [0.2, 0.25) is 0 Å². The van der Waals surface area contributed by atoms with Gasteiger partial charge in [-0.3, -0.25) is 9.69 Å². The van der Waals surface area contributed by atoms with E-state index in [4.69, 9.17) is 16.3 Å². The molecule has 1 aliphatic rings. The van der Waals surface area contributed by atoms with Gasteiger partial charge in [0.25, 0.3) is 0 Å². The topological polar surface area (TPSA) is 32.8 Å². The van der Waals surface area contributed by atoms with Crippen LogP contribution in [-0.2, 0) is 9.53 Å². The maximum absolute atomic E-state index is 11.7. The van der Waals surface area contributed by atoms with Gasteiger partial charge < -0.3 is 9.64 Å². The van der Waals surface area contributed by atoms with E-state index < -0.39 is 0 Å². The van der Waals surface area contributed by atoms with Crippen LogP contribution < -0.4 is 4.90 Å². The van der Waals surface area contributed by atoms with E-state index in [1.54, 1.807) is 0 Å². The molecule has 1 fully saturated rings. The number of piperazine rings is 1. The molecule has 0 aromatic heterocycles. The molecular weight excluding hydrogens is 288 g/mol. The molecule has 4 nitrogen and oxygen atoms in total. The highest BCUT2D eigenvalue weighted by atomic mass is 35.5. The fourth-order valence-electron chi connectivity index (χ4n) is 2.63. The van der Waals surface area contributed by atoms with Crippen molar-refractivity contribution in [3.8, 4) is 0 Å². The van der Waals surface area contributed by atoms with Gasteiger partial charge in [-0.2, -0.15) is 0 Å². The van der Waals surface area contributed by atoms with E-state index in [2.05, 4.69) is 15.9 Å². The summed E-state index contributed by atoms with van der Waals surface area (Å²) in [5, 5.41) is 0.797. The van der Waals surface area contributed by atoms with E-state index in [-0.39, 0.29) is 11.9 Å². The van der Waals surface area contributed by atoms with Crippen LogP contribution in [0.5, 0.6) is 0 Å². The van der Waals surface area contributed by atoms with Gasteiger partial charge in [0.05, 0.1) is 23.2 Å². The summed E-state index contributed by atoms with van der Waals surface area (Å²) >= 11 is 6.24. The molecule has 1 heterocycles. The molecule has 1 aromatic rings. The Bertz CT molecular complexity index is 473. The molecule has 0 saturated carbocycles. The van der Waals surface area contributed by atoms with Gasteiger partial charge in [0.1, 0.15) is 0 Å². The Morgan fingerprint density at radius 1 is 1.29 bits per heavy atom. The van der Waals surface area contributed by atoms with E-state index in [1.807, 2.05) is 32.0 Å². The number of nitrogens with zero attached hydrogens (tertiary/aromatic N) is 2. The lowest BCUT2D eigenvalue weighted by molar-refractivity contribution is -0.148. The fraction of sp³-hybridized carbons (Fsp3) is 0.562. The minimum Gasteiger partial charge on any atom is -0.466 e. The number of esters is 1. The summed E-state index contributed by atoms with van der Waals surface area (Å²) < 4.78 is 5.06. The number of anilines is 1. The smallest absolute Gasteiger partial charge is 0.309 e. The second kappa shape index (κ2) is 7.66. The Hall–Kier alpha value is -1.26. The molecule has 0 aliphatic carbocycles. The molecule has 0 amide bonds. The predicted octanol–water partition coefficient (Wildman–Crippen LogP) is 2.66. The van der Waals surface area contributed by atoms with Crippen LogP contribution in [0.4, 0.5) is 5.69 Å². The first-order valence-corrected chi connectivity index (χ1v) is 7.88. The number of halogens is 1. The average Bonchev–Trinajstić information content (AvgIpc) is 2.49. The summed E-state index contributed by atoms with van der Waals surface area (Å²) in [7, 11) is 0. The number of hydrogen-bond acceptors (Lipinski definition) is 4. The SMILES string of the molecule is CCOC(=O)C(C)CN1CCN(c2ccccc2Cl)CC1. The van der Waals surface area contributed by atoms with E-state index in [1.165, 1.54) is 0 Å². The highest BCUT2D eigenvalue weighted by molar-refractivity contribution is 6.33. The number of carbonyl (C=O) groups is 1. The van der Waals surface area contributed by atoms with Crippen molar-refractivity contribution in [1.29, 1.82) is 0 Å². The van der Waals surface area contributed by atoms with Crippen LogP contribution in [0, 0.1) is 5.92 Å². The van der Waals surface area contributed by atoms with Crippen molar-refractivity contribution in [1.82, 2.24) is 4.90 Å². The predicted molar refractivity (Wildman–Crippen MR) is 85.9 cm³/mol. The largest absolute Gasteiger partial charge is 0.466 e. The molecule has 2 rings (SSSR count). The van der Waals surface area contributed by atoms with Crippen LogP contribution in [-0.4, -0.2) is 50.2 Å². The zero-order valence-corrected chi connectivity index (χ0v) is 13.5. The third-order valence-corrected chi connectivity index (χ3v) is 4.11. The van der Waals surface area contributed by atoms with Crippen LogP contribution >= 0.6 is 11.6 Å². The number of hydrogen-bond donors (Lipinski definition) is 0. The average molecular weight is 311 g/mol. The van der Waals surface area contributed by atoms with Gasteiger partial charge in [-0.15, -0.1) is 0 Å². The highest BCUT2D eigenvalue weighted by Gasteiger charge is 2.23. The van der Waals surface area contributed by atoms with Crippen molar-refractivity contribution in [2.45, 2.75) is 13.8 Å². The Morgan fingerprint density at radius 2 is 1.95 bits per heavy atom. The molecule has 1 aromatic carbocycles. The summed E-state index contributed by atoms with van der Waals surface area (Å²) in [5.74, 6) is -0.178. The molecule has 1 atom stereocenters. The first-order chi connectivity index (χ1) is 10.1. The monoisotopic (exact) mass is 310 g/mol. The second-order valence-corrected chi connectivity index (χ2v) is 5.80.